The van der Waals surface area contributed by atoms with Gasteiger partial charge in [0.05, 0.1) is 23.7 Å². The summed E-state index contributed by atoms with van der Waals surface area (Å²) in [6, 6.07) is 0.855. The van der Waals surface area contributed by atoms with Crippen LogP contribution in [0.15, 0.2) is 18.5 Å². The van der Waals surface area contributed by atoms with Gasteiger partial charge in [-0.15, -0.1) is 0 Å². The number of nitrogens with zero attached hydrogens (tertiary/aromatic N) is 4. The molecule has 2 atom stereocenters. The summed E-state index contributed by atoms with van der Waals surface area (Å²) in [7, 11) is 0. The molecule has 2 bridgehead atoms. The standard InChI is InChI=1S/C19H18F2N6O2/c20-10-5-11-15(26-27-16(11)22-6-10)18-23-7-12(21)17(25-18)24-14-9-3-1-8(2-4-9)13(14)19(28)29/h5-9,13-14H,1-4H2,(H,28,29)(H,22,26,27)(H,23,24,25)/t8?,9?,13-,14-/m0/s1. The third-order valence-electron chi connectivity index (χ3n) is 6.15. The van der Waals surface area contributed by atoms with Gasteiger partial charge in [-0.2, -0.15) is 5.10 Å². The van der Waals surface area contributed by atoms with Crippen molar-refractivity contribution in [2.24, 2.45) is 17.8 Å². The summed E-state index contributed by atoms with van der Waals surface area (Å²) >= 11 is 0. The van der Waals surface area contributed by atoms with Crippen molar-refractivity contribution in [3.8, 4) is 11.5 Å². The molecule has 3 aromatic rings. The lowest BCUT2D eigenvalue weighted by molar-refractivity contribution is -0.148. The number of carbonyl (C=O) groups is 1. The van der Waals surface area contributed by atoms with Crippen LogP contribution in [-0.2, 0) is 4.79 Å². The van der Waals surface area contributed by atoms with Gasteiger partial charge < -0.3 is 10.4 Å². The number of aliphatic carboxylic acids is 1. The van der Waals surface area contributed by atoms with Crippen LogP contribution in [0.2, 0.25) is 0 Å². The number of hydrogen-bond acceptors (Lipinski definition) is 6. The van der Waals surface area contributed by atoms with Crippen LogP contribution in [-0.4, -0.2) is 42.3 Å². The molecule has 150 valence electrons. The molecule has 0 aliphatic heterocycles. The smallest absolute Gasteiger partial charge is 0.308 e. The first-order chi connectivity index (χ1) is 14.0. The topological polar surface area (TPSA) is 117 Å². The van der Waals surface area contributed by atoms with Gasteiger partial charge in [-0.1, -0.05) is 0 Å². The molecule has 3 heterocycles. The molecule has 10 heteroatoms. The Bertz CT molecular complexity index is 1100. The van der Waals surface area contributed by atoms with Crippen molar-refractivity contribution >= 4 is 22.8 Å². The van der Waals surface area contributed by atoms with Crippen molar-refractivity contribution in [3.63, 3.8) is 0 Å². The molecule has 0 aromatic carbocycles. The van der Waals surface area contributed by atoms with E-state index in [2.05, 4.69) is 30.5 Å². The Morgan fingerprint density at radius 1 is 1.14 bits per heavy atom. The number of anilines is 1. The average Bonchev–Trinajstić information content (AvgIpc) is 3.13. The van der Waals surface area contributed by atoms with Crippen molar-refractivity contribution < 1.29 is 18.7 Å². The highest BCUT2D eigenvalue weighted by Crippen LogP contribution is 2.46. The lowest BCUT2D eigenvalue weighted by atomic mass is 9.61. The zero-order valence-corrected chi connectivity index (χ0v) is 15.3. The summed E-state index contributed by atoms with van der Waals surface area (Å²) in [6.07, 6.45) is 5.67. The van der Waals surface area contributed by atoms with E-state index in [1.807, 2.05) is 0 Å². The molecule has 6 rings (SSSR count). The van der Waals surface area contributed by atoms with Crippen LogP contribution in [0.4, 0.5) is 14.6 Å². The normalized spacial score (nSPS) is 26.0. The summed E-state index contributed by atoms with van der Waals surface area (Å²) in [6.45, 7) is 0. The number of hydrogen-bond donors (Lipinski definition) is 3. The summed E-state index contributed by atoms with van der Waals surface area (Å²) in [5, 5.41) is 19.9. The summed E-state index contributed by atoms with van der Waals surface area (Å²) in [5.41, 5.74) is 0.606. The van der Waals surface area contributed by atoms with E-state index in [1.165, 1.54) is 6.07 Å². The maximum absolute atomic E-state index is 14.5. The molecule has 3 fully saturated rings. The first-order valence-electron chi connectivity index (χ1n) is 9.53. The van der Waals surface area contributed by atoms with Crippen LogP contribution < -0.4 is 5.32 Å². The Balaban J connectivity index is 1.51. The van der Waals surface area contributed by atoms with E-state index in [9.17, 15) is 18.7 Å². The first kappa shape index (κ1) is 17.9. The van der Waals surface area contributed by atoms with E-state index in [-0.39, 0.29) is 29.2 Å². The molecule has 3 aliphatic carbocycles. The lowest BCUT2D eigenvalue weighted by Crippen LogP contribution is -2.51. The van der Waals surface area contributed by atoms with Gasteiger partial charge in [0.15, 0.2) is 23.1 Å². The minimum atomic E-state index is -0.869. The summed E-state index contributed by atoms with van der Waals surface area (Å²) in [4.78, 5) is 24.0. The molecule has 0 unspecified atom stereocenters. The van der Waals surface area contributed by atoms with E-state index in [4.69, 9.17) is 0 Å². The van der Waals surface area contributed by atoms with Crippen LogP contribution in [0, 0.1) is 29.4 Å². The Morgan fingerprint density at radius 3 is 2.66 bits per heavy atom. The van der Waals surface area contributed by atoms with Gasteiger partial charge in [-0.25, -0.2) is 23.7 Å². The van der Waals surface area contributed by atoms with Crippen LogP contribution in [0.1, 0.15) is 25.7 Å². The zero-order valence-electron chi connectivity index (χ0n) is 15.3. The SMILES string of the molecule is O=C(O)[C@H]1C2CCC(CC2)[C@@H]1Nc1nc(-c2n[nH]c3ncc(F)cc23)ncc1F. The number of aromatic nitrogens is 5. The predicted octanol–water partition coefficient (Wildman–Crippen LogP) is 2.99. The van der Waals surface area contributed by atoms with E-state index in [0.717, 1.165) is 38.1 Å². The van der Waals surface area contributed by atoms with Crippen molar-refractivity contribution in [1.29, 1.82) is 0 Å². The molecular formula is C19H18F2N6O2. The molecule has 0 saturated heterocycles. The molecule has 8 nitrogen and oxygen atoms in total. The zero-order chi connectivity index (χ0) is 20.1. The van der Waals surface area contributed by atoms with Crippen molar-refractivity contribution in [2.75, 3.05) is 5.32 Å². The molecule has 3 saturated carbocycles. The number of pyridine rings is 1. The second-order valence-corrected chi connectivity index (χ2v) is 7.72. The Hall–Kier alpha value is -3.17. The minimum absolute atomic E-state index is 0.0701. The molecular weight excluding hydrogens is 382 g/mol. The van der Waals surface area contributed by atoms with Crippen molar-refractivity contribution in [1.82, 2.24) is 25.1 Å². The van der Waals surface area contributed by atoms with Crippen molar-refractivity contribution in [2.45, 2.75) is 31.7 Å². The number of nitrogens with one attached hydrogen (secondary N) is 2. The molecule has 0 radical (unpaired) electrons. The number of fused-ring (bicyclic) bond motifs is 4. The van der Waals surface area contributed by atoms with E-state index >= 15 is 0 Å². The summed E-state index contributed by atoms with van der Waals surface area (Å²) < 4.78 is 28.1. The maximum Gasteiger partial charge on any atom is 0.308 e. The number of halogens is 2. The maximum atomic E-state index is 14.5. The van der Waals surface area contributed by atoms with Crippen LogP contribution in [0.25, 0.3) is 22.6 Å². The van der Waals surface area contributed by atoms with Gasteiger partial charge >= 0.3 is 5.97 Å². The Morgan fingerprint density at radius 2 is 1.90 bits per heavy atom. The Kier molecular flexibility index (Phi) is 4.14. The molecule has 0 amide bonds. The van der Waals surface area contributed by atoms with Crippen molar-refractivity contribution in [3.05, 3.63) is 30.1 Å². The van der Waals surface area contributed by atoms with Crippen LogP contribution >= 0.6 is 0 Å². The van der Waals surface area contributed by atoms with Gasteiger partial charge in [-0.3, -0.25) is 9.89 Å². The number of aromatic amines is 1. The van der Waals surface area contributed by atoms with Crippen LogP contribution in [0.3, 0.4) is 0 Å². The predicted molar refractivity (Wildman–Crippen MR) is 98.8 cm³/mol. The van der Waals surface area contributed by atoms with Gasteiger partial charge in [0.2, 0.25) is 0 Å². The second-order valence-electron chi connectivity index (χ2n) is 7.72. The second kappa shape index (κ2) is 6.71. The molecule has 3 N–H and O–H groups in total. The van der Waals surface area contributed by atoms with Gasteiger partial charge in [-0.05, 0) is 43.6 Å². The molecule has 3 aliphatic rings. The minimum Gasteiger partial charge on any atom is -0.481 e. The number of carboxylic acids is 1. The fourth-order valence-corrected chi connectivity index (χ4v) is 4.80. The lowest BCUT2D eigenvalue weighted by Gasteiger charge is -2.47. The first-order valence-corrected chi connectivity index (χ1v) is 9.53. The fraction of sp³-hybridized carbons (Fsp3) is 0.421. The third kappa shape index (κ3) is 2.99. The van der Waals surface area contributed by atoms with Gasteiger partial charge in [0, 0.05) is 6.04 Å². The Labute approximate surface area is 163 Å². The van der Waals surface area contributed by atoms with E-state index < -0.39 is 29.6 Å². The summed E-state index contributed by atoms with van der Waals surface area (Å²) in [5.74, 6) is -2.39. The number of carboxylic acid groups (broad SMARTS) is 1. The largest absolute Gasteiger partial charge is 0.481 e. The van der Waals surface area contributed by atoms with Gasteiger partial charge in [0.25, 0.3) is 0 Å². The average molecular weight is 400 g/mol. The van der Waals surface area contributed by atoms with E-state index in [0.29, 0.717) is 11.0 Å². The monoisotopic (exact) mass is 400 g/mol. The highest BCUT2D eigenvalue weighted by molar-refractivity contribution is 5.88. The highest BCUT2D eigenvalue weighted by atomic mass is 19.1. The van der Waals surface area contributed by atoms with Crippen LogP contribution in [0.5, 0.6) is 0 Å². The fourth-order valence-electron chi connectivity index (χ4n) is 4.80. The number of H-pyrrole nitrogens is 1. The quantitative estimate of drug-likeness (QED) is 0.616. The highest BCUT2D eigenvalue weighted by Gasteiger charge is 2.47. The molecule has 3 aromatic heterocycles. The molecule has 29 heavy (non-hydrogen) atoms. The third-order valence-corrected chi connectivity index (χ3v) is 6.15. The van der Waals surface area contributed by atoms with Gasteiger partial charge in [0.1, 0.15) is 11.5 Å². The van der Waals surface area contributed by atoms with E-state index in [1.54, 1.807) is 0 Å². The molecule has 0 spiro atoms. The number of rotatable bonds is 4.